The molecule has 6 heteroatoms. The van der Waals surface area contributed by atoms with Crippen LogP contribution in [0.15, 0.2) is 18.2 Å². The molecule has 1 aromatic carbocycles. The van der Waals surface area contributed by atoms with E-state index in [1.165, 1.54) is 7.11 Å². The molecule has 0 radical (unpaired) electrons. The lowest BCUT2D eigenvalue weighted by Crippen LogP contribution is -2.25. The Morgan fingerprint density at radius 3 is 2.89 bits per heavy atom. The highest BCUT2D eigenvalue weighted by atomic mass is 32.2. The molecule has 0 unspecified atom stereocenters. The molecule has 0 aromatic heterocycles. The number of nitrogen functional groups attached to an aromatic ring is 1. The van der Waals surface area contributed by atoms with Crippen molar-refractivity contribution >= 4 is 23.4 Å². The lowest BCUT2D eigenvalue weighted by atomic mass is 10.2. The molecular weight excluding hydrogens is 264 g/mol. The summed E-state index contributed by atoms with van der Waals surface area (Å²) in [6.45, 7) is 0.811. The minimum Gasteiger partial charge on any atom is -0.495 e. The van der Waals surface area contributed by atoms with Gasteiger partial charge in [-0.3, -0.25) is 4.79 Å². The fourth-order valence-electron chi connectivity index (χ4n) is 1.48. The molecule has 0 heterocycles. The van der Waals surface area contributed by atoms with Crippen LogP contribution in [-0.4, -0.2) is 42.8 Å². The van der Waals surface area contributed by atoms with Gasteiger partial charge in [0.15, 0.2) is 0 Å². The van der Waals surface area contributed by atoms with Crippen LogP contribution in [0.2, 0.25) is 0 Å². The number of carbonyl (C=O) groups excluding carboxylic acids is 1. The summed E-state index contributed by atoms with van der Waals surface area (Å²) in [4.78, 5) is 11.8. The molecule has 1 aromatic rings. The van der Waals surface area contributed by atoms with Crippen LogP contribution in [0, 0.1) is 0 Å². The first kappa shape index (κ1) is 15.7. The van der Waals surface area contributed by atoms with Crippen molar-refractivity contribution in [2.45, 2.75) is 6.42 Å². The van der Waals surface area contributed by atoms with E-state index in [2.05, 4.69) is 5.32 Å². The minimum absolute atomic E-state index is 0.142. The number of anilines is 1. The zero-order valence-corrected chi connectivity index (χ0v) is 11.8. The van der Waals surface area contributed by atoms with E-state index in [1.54, 1.807) is 30.0 Å². The second-order valence-corrected chi connectivity index (χ2v) is 5.13. The van der Waals surface area contributed by atoms with Crippen molar-refractivity contribution in [3.05, 3.63) is 23.8 Å². The predicted molar refractivity (Wildman–Crippen MR) is 78.8 cm³/mol. The SMILES string of the molecule is COc1ccc(C(=O)NCCSCCCO)cc1N. The Bertz CT molecular complexity index is 413. The van der Waals surface area contributed by atoms with Gasteiger partial charge in [-0.25, -0.2) is 0 Å². The van der Waals surface area contributed by atoms with Crippen molar-refractivity contribution in [3.63, 3.8) is 0 Å². The zero-order valence-electron chi connectivity index (χ0n) is 11.0. The van der Waals surface area contributed by atoms with Gasteiger partial charge in [0, 0.05) is 24.5 Å². The summed E-state index contributed by atoms with van der Waals surface area (Å²) in [5.41, 5.74) is 6.72. The van der Waals surface area contributed by atoms with Gasteiger partial charge >= 0.3 is 0 Å². The van der Waals surface area contributed by atoms with E-state index in [-0.39, 0.29) is 12.5 Å². The molecule has 0 bridgehead atoms. The molecule has 0 aliphatic heterocycles. The highest BCUT2D eigenvalue weighted by Gasteiger charge is 2.07. The minimum atomic E-state index is -0.142. The van der Waals surface area contributed by atoms with Gasteiger partial charge in [-0.1, -0.05) is 0 Å². The van der Waals surface area contributed by atoms with Gasteiger partial charge in [0.25, 0.3) is 5.91 Å². The number of aliphatic hydroxyl groups excluding tert-OH is 1. The molecule has 1 amide bonds. The average molecular weight is 284 g/mol. The first-order valence-corrected chi connectivity index (χ1v) is 7.25. The molecule has 0 aliphatic rings. The summed E-state index contributed by atoms with van der Waals surface area (Å²) in [5.74, 6) is 2.16. The van der Waals surface area contributed by atoms with Crippen LogP contribution in [-0.2, 0) is 0 Å². The Balaban J connectivity index is 2.35. The van der Waals surface area contributed by atoms with Gasteiger partial charge < -0.3 is 20.9 Å². The molecule has 106 valence electrons. The van der Waals surface area contributed by atoms with Crippen molar-refractivity contribution < 1.29 is 14.6 Å². The summed E-state index contributed by atoms with van der Waals surface area (Å²) in [5, 5.41) is 11.4. The molecule has 0 spiro atoms. The maximum absolute atomic E-state index is 11.8. The normalized spacial score (nSPS) is 10.2. The number of aliphatic hydroxyl groups is 1. The number of methoxy groups -OCH3 is 1. The maximum atomic E-state index is 11.8. The second-order valence-electron chi connectivity index (χ2n) is 3.90. The third-order valence-corrected chi connectivity index (χ3v) is 3.54. The Hall–Kier alpha value is -1.40. The molecule has 0 saturated heterocycles. The van der Waals surface area contributed by atoms with Gasteiger partial charge in [-0.2, -0.15) is 11.8 Å². The number of carbonyl (C=O) groups is 1. The van der Waals surface area contributed by atoms with Crippen molar-refractivity contribution in [3.8, 4) is 5.75 Å². The van der Waals surface area contributed by atoms with Gasteiger partial charge in [0.1, 0.15) is 5.75 Å². The fraction of sp³-hybridized carbons (Fsp3) is 0.462. The Morgan fingerprint density at radius 2 is 2.26 bits per heavy atom. The van der Waals surface area contributed by atoms with E-state index < -0.39 is 0 Å². The van der Waals surface area contributed by atoms with Crippen LogP contribution in [0.3, 0.4) is 0 Å². The summed E-state index contributed by atoms with van der Waals surface area (Å²) in [7, 11) is 1.54. The predicted octanol–water partition coefficient (Wildman–Crippen LogP) is 1.12. The first-order chi connectivity index (χ1) is 9.19. The fourth-order valence-corrected chi connectivity index (χ4v) is 2.27. The van der Waals surface area contributed by atoms with Gasteiger partial charge in [-0.15, -0.1) is 0 Å². The number of thioether (sulfide) groups is 1. The van der Waals surface area contributed by atoms with Crippen LogP contribution in [0.4, 0.5) is 5.69 Å². The smallest absolute Gasteiger partial charge is 0.251 e. The quantitative estimate of drug-likeness (QED) is 0.492. The monoisotopic (exact) mass is 284 g/mol. The van der Waals surface area contributed by atoms with E-state index in [0.717, 1.165) is 17.9 Å². The molecular formula is C13H20N2O3S. The molecule has 0 saturated carbocycles. The summed E-state index contributed by atoms with van der Waals surface area (Å²) < 4.78 is 5.04. The van der Waals surface area contributed by atoms with E-state index in [4.69, 9.17) is 15.6 Å². The van der Waals surface area contributed by atoms with Crippen LogP contribution < -0.4 is 15.8 Å². The van der Waals surface area contributed by atoms with Crippen LogP contribution in [0.1, 0.15) is 16.8 Å². The van der Waals surface area contributed by atoms with Gasteiger partial charge in [0.2, 0.25) is 0 Å². The zero-order chi connectivity index (χ0) is 14.1. The van der Waals surface area contributed by atoms with E-state index in [9.17, 15) is 4.79 Å². The Morgan fingerprint density at radius 1 is 1.47 bits per heavy atom. The summed E-state index contributed by atoms with van der Waals surface area (Å²) in [6, 6.07) is 4.97. The topological polar surface area (TPSA) is 84.6 Å². The van der Waals surface area contributed by atoms with E-state index >= 15 is 0 Å². The summed E-state index contributed by atoms with van der Waals surface area (Å²) >= 11 is 1.70. The number of hydrogen-bond acceptors (Lipinski definition) is 5. The van der Waals surface area contributed by atoms with Crippen molar-refractivity contribution in [1.82, 2.24) is 5.32 Å². The van der Waals surface area contributed by atoms with Gasteiger partial charge in [-0.05, 0) is 30.4 Å². The first-order valence-electron chi connectivity index (χ1n) is 6.09. The molecule has 19 heavy (non-hydrogen) atoms. The third-order valence-electron chi connectivity index (χ3n) is 2.47. The maximum Gasteiger partial charge on any atom is 0.251 e. The van der Waals surface area contributed by atoms with Gasteiger partial charge in [0.05, 0.1) is 12.8 Å². The lowest BCUT2D eigenvalue weighted by Gasteiger charge is -2.08. The number of amides is 1. The molecule has 4 N–H and O–H groups in total. The number of hydrogen-bond donors (Lipinski definition) is 3. The number of nitrogens with one attached hydrogen (secondary N) is 1. The molecule has 1 rings (SSSR count). The van der Waals surface area contributed by atoms with Crippen LogP contribution in [0.25, 0.3) is 0 Å². The van der Waals surface area contributed by atoms with Crippen molar-refractivity contribution in [2.75, 3.05) is 37.5 Å². The second kappa shape index (κ2) is 8.66. The Labute approximate surface area is 117 Å². The van der Waals surface area contributed by atoms with Crippen LogP contribution in [0.5, 0.6) is 5.75 Å². The standard InChI is InChI=1S/C13H20N2O3S/c1-18-12-4-3-10(9-11(12)14)13(17)15-5-8-19-7-2-6-16/h3-4,9,16H,2,5-8,14H2,1H3,(H,15,17). The Kier molecular flexibility index (Phi) is 7.14. The highest BCUT2D eigenvalue weighted by molar-refractivity contribution is 7.99. The number of ether oxygens (including phenoxy) is 1. The molecule has 0 fully saturated rings. The number of rotatable bonds is 8. The average Bonchev–Trinajstić information content (AvgIpc) is 2.42. The lowest BCUT2D eigenvalue weighted by molar-refractivity contribution is 0.0956. The third kappa shape index (κ3) is 5.40. The van der Waals surface area contributed by atoms with Crippen molar-refractivity contribution in [1.29, 1.82) is 0 Å². The highest BCUT2D eigenvalue weighted by Crippen LogP contribution is 2.21. The van der Waals surface area contributed by atoms with Crippen molar-refractivity contribution in [2.24, 2.45) is 0 Å². The molecule has 5 nitrogen and oxygen atoms in total. The largest absolute Gasteiger partial charge is 0.495 e. The van der Waals surface area contributed by atoms with Crippen LogP contribution >= 0.6 is 11.8 Å². The molecule has 0 aliphatic carbocycles. The number of nitrogens with two attached hydrogens (primary N) is 1. The van der Waals surface area contributed by atoms with E-state index in [1.807, 2.05) is 0 Å². The summed E-state index contributed by atoms with van der Waals surface area (Å²) in [6.07, 6.45) is 0.785. The molecule has 0 atom stereocenters. The number of benzene rings is 1. The van der Waals surface area contributed by atoms with E-state index in [0.29, 0.717) is 23.5 Å².